The lowest BCUT2D eigenvalue weighted by molar-refractivity contribution is -0.0400. The molecular formula is C13H20N4O6S. The zero-order valence-electron chi connectivity index (χ0n) is 13.0. The molecule has 2 bridgehead atoms. The Hall–Kier alpha value is -1.43. The Morgan fingerprint density at radius 1 is 1.33 bits per heavy atom. The summed E-state index contributed by atoms with van der Waals surface area (Å²) in [6.07, 6.45) is 3.68. The average Bonchev–Trinajstić information content (AvgIpc) is 3.03. The number of nitrogens with zero attached hydrogens (tertiary/aromatic N) is 3. The molecule has 0 aromatic heterocycles. The van der Waals surface area contributed by atoms with E-state index >= 15 is 0 Å². The maximum absolute atomic E-state index is 12.4. The molecule has 24 heavy (non-hydrogen) atoms. The molecule has 3 fully saturated rings. The number of nitrogens with one attached hydrogen (secondary N) is 1. The summed E-state index contributed by atoms with van der Waals surface area (Å²) in [5.74, 6) is 0. The molecule has 10 nitrogen and oxygen atoms in total. The quantitative estimate of drug-likeness (QED) is 0.674. The molecule has 2 N–H and O–H groups in total. The SMILES string of the molecule is O=C1N2C[C@@H](CC[C@H]2C2=NOC3(CCNCC3)C2)N1OS(=O)(=O)O. The van der Waals surface area contributed by atoms with Crippen molar-refractivity contribution in [3.63, 3.8) is 0 Å². The van der Waals surface area contributed by atoms with Crippen LogP contribution >= 0.6 is 0 Å². The van der Waals surface area contributed by atoms with Crippen molar-refractivity contribution < 1.29 is 26.9 Å². The molecule has 3 saturated heterocycles. The van der Waals surface area contributed by atoms with Crippen molar-refractivity contribution in [1.29, 1.82) is 0 Å². The van der Waals surface area contributed by atoms with E-state index in [2.05, 4.69) is 14.8 Å². The van der Waals surface area contributed by atoms with Crippen LogP contribution in [-0.2, 0) is 19.5 Å². The van der Waals surface area contributed by atoms with Crippen LogP contribution in [0.3, 0.4) is 0 Å². The summed E-state index contributed by atoms with van der Waals surface area (Å²) in [6.45, 7) is 2.12. The van der Waals surface area contributed by atoms with E-state index in [0.29, 0.717) is 25.8 Å². The van der Waals surface area contributed by atoms with E-state index in [0.717, 1.165) is 36.7 Å². The highest BCUT2D eigenvalue weighted by Gasteiger charge is 2.51. The number of carbonyl (C=O) groups excluding carboxylic acids is 1. The van der Waals surface area contributed by atoms with Gasteiger partial charge in [-0.1, -0.05) is 5.16 Å². The van der Waals surface area contributed by atoms with Crippen molar-refractivity contribution in [3.05, 3.63) is 0 Å². The summed E-state index contributed by atoms with van der Waals surface area (Å²) in [7, 11) is -4.72. The predicted octanol–water partition coefficient (Wildman–Crippen LogP) is -0.112. The summed E-state index contributed by atoms with van der Waals surface area (Å²) in [4.78, 5) is 19.7. The van der Waals surface area contributed by atoms with E-state index < -0.39 is 16.4 Å². The van der Waals surface area contributed by atoms with Gasteiger partial charge in [0.15, 0.2) is 0 Å². The summed E-state index contributed by atoms with van der Waals surface area (Å²) < 4.78 is 35.1. The molecule has 0 aromatic rings. The third-order valence-corrected chi connectivity index (χ3v) is 5.61. The van der Waals surface area contributed by atoms with Crippen molar-refractivity contribution in [1.82, 2.24) is 15.3 Å². The minimum atomic E-state index is -4.72. The number of rotatable bonds is 3. The van der Waals surface area contributed by atoms with Crippen molar-refractivity contribution in [2.45, 2.75) is 49.8 Å². The topological polar surface area (TPSA) is 121 Å². The van der Waals surface area contributed by atoms with Gasteiger partial charge in [0.25, 0.3) is 0 Å². The predicted molar refractivity (Wildman–Crippen MR) is 81.4 cm³/mol. The largest absolute Gasteiger partial charge is 0.418 e. The van der Waals surface area contributed by atoms with Crippen molar-refractivity contribution in [2.75, 3.05) is 19.6 Å². The standard InChI is InChI=1S/C13H20N4O6S/c18-12-16-8-9(17(12)23-24(19,20)21)1-2-11(16)10-7-13(22-15-10)3-5-14-6-4-13/h9,11,14H,1-8H2,(H,19,20,21)/t9-,11+/m1/s1. The number of amides is 2. The van der Waals surface area contributed by atoms with E-state index in [1.807, 2.05) is 0 Å². The summed E-state index contributed by atoms with van der Waals surface area (Å²) in [5.41, 5.74) is 0.558. The maximum atomic E-state index is 12.4. The Morgan fingerprint density at radius 2 is 2.08 bits per heavy atom. The van der Waals surface area contributed by atoms with Crippen LogP contribution in [0.25, 0.3) is 0 Å². The Kier molecular flexibility index (Phi) is 3.71. The fourth-order valence-corrected chi connectivity index (χ4v) is 4.45. The molecule has 4 aliphatic rings. The lowest BCUT2D eigenvalue weighted by Crippen LogP contribution is -2.47. The summed E-state index contributed by atoms with van der Waals surface area (Å²) in [5, 5.41) is 8.30. The van der Waals surface area contributed by atoms with Crippen LogP contribution in [0.1, 0.15) is 32.1 Å². The van der Waals surface area contributed by atoms with E-state index in [1.165, 1.54) is 0 Å². The lowest BCUT2D eigenvalue weighted by Gasteiger charge is -2.33. The van der Waals surface area contributed by atoms with Gasteiger partial charge in [0.2, 0.25) is 0 Å². The number of fused-ring (bicyclic) bond motifs is 2. The summed E-state index contributed by atoms with van der Waals surface area (Å²) >= 11 is 0. The van der Waals surface area contributed by atoms with Gasteiger partial charge in [0.1, 0.15) is 5.60 Å². The zero-order chi connectivity index (χ0) is 16.9. The number of hydrogen-bond acceptors (Lipinski definition) is 7. The van der Waals surface area contributed by atoms with E-state index in [1.54, 1.807) is 4.90 Å². The smallest absolute Gasteiger partial charge is 0.389 e. The highest BCUT2D eigenvalue weighted by molar-refractivity contribution is 7.80. The lowest BCUT2D eigenvalue weighted by atomic mass is 9.84. The fourth-order valence-electron chi connectivity index (χ4n) is 4.06. The molecule has 0 aromatic carbocycles. The van der Waals surface area contributed by atoms with Gasteiger partial charge >= 0.3 is 16.4 Å². The average molecular weight is 360 g/mol. The molecule has 2 amide bonds. The summed E-state index contributed by atoms with van der Waals surface area (Å²) in [6, 6.07) is -1.15. The molecule has 0 unspecified atom stereocenters. The van der Waals surface area contributed by atoms with Crippen LogP contribution in [0.5, 0.6) is 0 Å². The van der Waals surface area contributed by atoms with Gasteiger partial charge in [-0.05, 0) is 25.9 Å². The molecule has 4 heterocycles. The fraction of sp³-hybridized carbons (Fsp3) is 0.846. The van der Waals surface area contributed by atoms with Crippen LogP contribution < -0.4 is 5.32 Å². The third kappa shape index (κ3) is 2.75. The molecule has 4 aliphatic heterocycles. The molecule has 0 saturated carbocycles. The van der Waals surface area contributed by atoms with Gasteiger partial charge in [-0.3, -0.25) is 4.55 Å². The Bertz CT molecular complexity index is 674. The van der Waals surface area contributed by atoms with Crippen LogP contribution in [0.4, 0.5) is 4.79 Å². The van der Waals surface area contributed by atoms with Gasteiger partial charge in [-0.15, -0.1) is 4.28 Å². The van der Waals surface area contributed by atoms with Crippen molar-refractivity contribution >= 4 is 22.1 Å². The van der Waals surface area contributed by atoms with Crippen molar-refractivity contribution in [3.8, 4) is 0 Å². The second-order valence-corrected chi connectivity index (χ2v) is 7.80. The van der Waals surface area contributed by atoms with Gasteiger partial charge in [0, 0.05) is 25.8 Å². The Balaban J connectivity index is 1.48. The minimum absolute atomic E-state index is 0.210. The zero-order valence-corrected chi connectivity index (χ0v) is 13.9. The van der Waals surface area contributed by atoms with Crippen molar-refractivity contribution in [2.24, 2.45) is 5.16 Å². The molecule has 2 atom stereocenters. The number of oxime groups is 1. The number of hydroxylamine groups is 2. The number of urea groups is 1. The third-order valence-electron chi connectivity index (χ3n) is 5.26. The number of hydrogen-bond donors (Lipinski definition) is 2. The molecule has 134 valence electrons. The van der Waals surface area contributed by atoms with E-state index in [-0.39, 0.29) is 17.7 Å². The van der Waals surface area contributed by atoms with Gasteiger partial charge in [0.05, 0.1) is 17.8 Å². The van der Waals surface area contributed by atoms with Crippen LogP contribution in [-0.4, -0.2) is 72.0 Å². The minimum Gasteiger partial charge on any atom is -0.389 e. The Labute approximate surface area is 139 Å². The van der Waals surface area contributed by atoms with Crippen LogP contribution in [0.15, 0.2) is 5.16 Å². The van der Waals surface area contributed by atoms with Gasteiger partial charge in [-0.2, -0.15) is 13.5 Å². The first-order valence-corrected chi connectivity index (χ1v) is 9.46. The monoisotopic (exact) mass is 360 g/mol. The van der Waals surface area contributed by atoms with Gasteiger partial charge in [-0.25, -0.2) is 4.79 Å². The molecule has 0 radical (unpaired) electrons. The Morgan fingerprint density at radius 3 is 2.79 bits per heavy atom. The highest BCUT2D eigenvalue weighted by Crippen LogP contribution is 2.38. The number of piperidine rings is 2. The van der Waals surface area contributed by atoms with Gasteiger partial charge < -0.3 is 15.1 Å². The second-order valence-electron chi connectivity index (χ2n) is 6.79. The second kappa shape index (κ2) is 5.55. The van der Waals surface area contributed by atoms with E-state index in [9.17, 15) is 13.2 Å². The molecule has 1 spiro atoms. The first-order chi connectivity index (χ1) is 11.4. The van der Waals surface area contributed by atoms with Crippen LogP contribution in [0.2, 0.25) is 0 Å². The molecule has 11 heteroatoms. The number of carbonyl (C=O) groups is 1. The first kappa shape index (κ1) is 16.1. The maximum Gasteiger partial charge on any atom is 0.418 e. The highest BCUT2D eigenvalue weighted by atomic mass is 32.3. The molecule has 0 aliphatic carbocycles. The molecular weight excluding hydrogens is 340 g/mol. The normalized spacial score (nSPS) is 32.2. The first-order valence-electron chi connectivity index (χ1n) is 8.09. The van der Waals surface area contributed by atoms with Crippen LogP contribution in [0, 0.1) is 0 Å². The molecule has 4 rings (SSSR count). The van der Waals surface area contributed by atoms with E-state index in [4.69, 9.17) is 9.39 Å².